The predicted molar refractivity (Wildman–Crippen MR) is 130 cm³/mol. The van der Waals surface area contributed by atoms with Gasteiger partial charge in [0.05, 0.1) is 5.56 Å². The Morgan fingerprint density at radius 3 is 2.06 bits per heavy atom. The van der Waals surface area contributed by atoms with Crippen molar-refractivity contribution >= 4 is 27.7 Å². The Morgan fingerprint density at radius 2 is 1.46 bits per heavy atom. The van der Waals surface area contributed by atoms with Gasteiger partial charge < -0.3 is 10.2 Å². The van der Waals surface area contributed by atoms with Gasteiger partial charge in [-0.05, 0) is 23.3 Å². The second-order valence-electron chi connectivity index (χ2n) is 8.14. The number of hydrogen-bond donors (Lipinski definition) is 1. The summed E-state index contributed by atoms with van der Waals surface area (Å²) in [6.07, 6.45) is 0.222. The van der Waals surface area contributed by atoms with E-state index in [4.69, 9.17) is 0 Å². The summed E-state index contributed by atoms with van der Waals surface area (Å²) in [6, 6.07) is 23.3. The lowest BCUT2D eigenvalue weighted by Crippen LogP contribution is -2.52. The molecule has 0 aromatic heterocycles. The van der Waals surface area contributed by atoms with Crippen molar-refractivity contribution in [2.45, 2.75) is 23.9 Å². The molecule has 0 bridgehead atoms. The first-order valence-electron chi connectivity index (χ1n) is 11.1. The largest absolute Gasteiger partial charge is 0.357 e. The molecule has 0 spiro atoms. The molecule has 0 saturated carbocycles. The van der Waals surface area contributed by atoms with Gasteiger partial charge in [-0.15, -0.1) is 0 Å². The third kappa shape index (κ3) is 4.95. The maximum absolute atomic E-state index is 13.6. The summed E-state index contributed by atoms with van der Waals surface area (Å²) in [6.45, 7) is -0.634. The fraction of sp³-hybridized carbons (Fsp3) is 0.192. The number of benzene rings is 3. The molecule has 1 heterocycles. The Balaban J connectivity index is 1.68. The maximum Gasteiger partial charge on any atom is 0.269 e. The monoisotopic (exact) mass is 491 g/mol. The highest BCUT2D eigenvalue weighted by atomic mass is 32.2. The van der Waals surface area contributed by atoms with E-state index in [1.165, 1.54) is 30.1 Å². The van der Waals surface area contributed by atoms with Gasteiger partial charge in [-0.25, -0.2) is 12.7 Å². The summed E-state index contributed by atoms with van der Waals surface area (Å²) in [7, 11) is -2.69. The maximum atomic E-state index is 13.6. The predicted octanol–water partition coefficient (Wildman–Crippen LogP) is 2.22. The standard InChI is InChI=1S/C26H25N3O5S/c1-27-25(31)22(16-19-10-4-2-5-11-19)28(17-20-12-6-3-7-13-20)24(30)18-29-26(32)21-14-8-9-15-23(21)35(29,33)34/h2-15,22H,16-18H2,1H3,(H,27,31)/t22-/m1/s1. The summed E-state index contributed by atoms with van der Waals surface area (Å²) < 4.78 is 26.6. The van der Waals surface area contributed by atoms with Crippen LogP contribution in [0.2, 0.25) is 0 Å². The van der Waals surface area contributed by atoms with E-state index in [2.05, 4.69) is 5.32 Å². The van der Waals surface area contributed by atoms with E-state index in [9.17, 15) is 22.8 Å². The zero-order chi connectivity index (χ0) is 25.0. The minimum absolute atomic E-state index is 0.0297. The lowest BCUT2D eigenvalue weighted by molar-refractivity contribution is -0.140. The molecular weight excluding hydrogens is 466 g/mol. The summed E-state index contributed by atoms with van der Waals surface area (Å²) in [5, 5.41) is 2.61. The van der Waals surface area contributed by atoms with E-state index >= 15 is 0 Å². The van der Waals surface area contributed by atoms with Crippen molar-refractivity contribution in [3.05, 3.63) is 102 Å². The van der Waals surface area contributed by atoms with E-state index in [0.717, 1.165) is 11.1 Å². The second-order valence-corrected chi connectivity index (χ2v) is 9.97. The number of rotatable bonds is 8. The molecule has 8 nitrogen and oxygen atoms in total. The lowest BCUT2D eigenvalue weighted by atomic mass is 10.0. The summed E-state index contributed by atoms with van der Waals surface area (Å²) in [5.41, 5.74) is 1.63. The van der Waals surface area contributed by atoms with Gasteiger partial charge in [-0.1, -0.05) is 72.8 Å². The highest BCUT2D eigenvalue weighted by Gasteiger charge is 2.43. The van der Waals surface area contributed by atoms with Crippen LogP contribution in [-0.4, -0.2) is 55.0 Å². The fourth-order valence-corrected chi connectivity index (χ4v) is 5.62. The number of nitrogens with zero attached hydrogens (tertiary/aromatic N) is 2. The molecule has 35 heavy (non-hydrogen) atoms. The number of sulfonamides is 1. The molecule has 1 aliphatic rings. The van der Waals surface area contributed by atoms with Gasteiger partial charge in [-0.2, -0.15) is 0 Å². The van der Waals surface area contributed by atoms with Crippen LogP contribution in [0.1, 0.15) is 21.5 Å². The molecule has 1 N–H and O–H groups in total. The van der Waals surface area contributed by atoms with E-state index in [1.54, 1.807) is 6.07 Å². The highest BCUT2D eigenvalue weighted by Crippen LogP contribution is 2.30. The molecule has 3 aromatic carbocycles. The van der Waals surface area contributed by atoms with Crippen molar-refractivity contribution in [1.82, 2.24) is 14.5 Å². The van der Waals surface area contributed by atoms with Crippen molar-refractivity contribution in [2.75, 3.05) is 13.6 Å². The molecule has 0 radical (unpaired) electrons. The molecular formula is C26H25N3O5S. The number of amides is 3. The first kappa shape index (κ1) is 24.2. The molecule has 4 rings (SSSR count). The number of carbonyl (C=O) groups is 3. The third-order valence-corrected chi connectivity index (χ3v) is 7.69. The van der Waals surface area contributed by atoms with Gasteiger partial charge >= 0.3 is 0 Å². The molecule has 3 aromatic rings. The van der Waals surface area contributed by atoms with Crippen LogP contribution in [0.25, 0.3) is 0 Å². The normalized spacial score (nSPS) is 14.8. The molecule has 180 valence electrons. The minimum atomic E-state index is -4.17. The van der Waals surface area contributed by atoms with Crippen molar-refractivity contribution in [3.63, 3.8) is 0 Å². The number of carbonyl (C=O) groups excluding carboxylic acids is 3. The van der Waals surface area contributed by atoms with Crippen molar-refractivity contribution in [1.29, 1.82) is 0 Å². The molecule has 9 heteroatoms. The third-order valence-electron chi connectivity index (χ3n) is 5.90. The van der Waals surface area contributed by atoms with E-state index in [1.807, 2.05) is 60.7 Å². The summed E-state index contributed by atoms with van der Waals surface area (Å²) in [5.74, 6) is -1.80. The Kier molecular flexibility index (Phi) is 6.97. The van der Waals surface area contributed by atoms with Crippen LogP contribution in [0.5, 0.6) is 0 Å². The van der Waals surface area contributed by atoms with Crippen LogP contribution < -0.4 is 5.32 Å². The Labute approximate surface area is 204 Å². The quantitative estimate of drug-likeness (QED) is 0.520. The van der Waals surface area contributed by atoms with Gasteiger partial charge in [0.2, 0.25) is 11.8 Å². The lowest BCUT2D eigenvalue weighted by Gasteiger charge is -2.32. The zero-order valence-corrected chi connectivity index (χ0v) is 19.9. The Bertz CT molecular complexity index is 1340. The molecule has 0 unspecified atom stereocenters. The first-order chi connectivity index (χ1) is 16.8. The molecule has 3 amide bonds. The fourth-order valence-electron chi connectivity index (χ4n) is 4.10. The summed E-state index contributed by atoms with van der Waals surface area (Å²) >= 11 is 0. The minimum Gasteiger partial charge on any atom is -0.357 e. The van der Waals surface area contributed by atoms with Crippen LogP contribution in [0.15, 0.2) is 89.8 Å². The average molecular weight is 492 g/mol. The van der Waals surface area contributed by atoms with Gasteiger partial charge in [0.25, 0.3) is 15.9 Å². The van der Waals surface area contributed by atoms with Gasteiger partial charge in [0.15, 0.2) is 0 Å². The Morgan fingerprint density at radius 1 is 0.886 bits per heavy atom. The van der Waals surface area contributed by atoms with E-state index in [0.29, 0.717) is 4.31 Å². The smallest absolute Gasteiger partial charge is 0.269 e. The van der Waals surface area contributed by atoms with Gasteiger partial charge in [-0.3, -0.25) is 14.4 Å². The van der Waals surface area contributed by atoms with Crippen LogP contribution in [0, 0.1) is 0 Å². The topological polar surface area (TPSA) is 104 Å². The Hall–Kier alpha value is -3.98. The highest BCUT2D eigenvalue weighted by molar-refractivity contribution is 7.90. The second kappa shape index (κ2) is 10.1. The number of fused-ring (bicyclic) bond motifs is 1. The molecule has 0 fully saturated rings. The molecule has 0 saturated heterocycles. The van der Waals surface area contributed by atoms with Crippen LogP contribution in [0.4, 0.5) is 0 Å². The van der Waals surface area contributed by atoms with E-state index < -0.39 is 40.3 Å². The number of hydrogen-bond acceptors (Lipinski definition) is 5. The number of likely N-dealkylation sites (N-methyl/N-ethyl adjacent to an activating group) is 1. The number of nitrogens with one attached hydrogen (secondary N) is 1. The molecule has 1 aliphatic heterocycles. The van der Waals surface area contributed by atoms with Crippen molar-refractivity contribution < 1.29 is 22.8 Å². The van der Waals surface area contributed by atoms with Crippen molar-refractivity contribution in [3.8, 4) is 0 Å². The first-order valence-corrected chi connectivity index (χ1v) is 12.5. The van der Waals surface area contributed by atoms with Crippen LogP contribution >= 0.6 is 0 Å². The SMILES string of the molecule is CNC(=O)[C@@H](Cc1ccccc1)N(Cc1ccccc1)C(=O)CN1C(=O)c2ccccc2S1(=O)=O. The zero-order valence-electron chi connectivity index (χ0n) is 19.1. The summed E-state index contributed by atoms with van der Waals surface area (Å²) in [4.78, 5) is 40.7. The van der Waals surface area contributed by atoms with Crippen molar-refractivity contribution in [2.24, 2.45) is 0 Å². The molecule has 0 aliphatic carbocycles. The average Bonchev–Trinajstić information content (AvgIpc) is 3.07. The molecule has 1 atom stereocenters. The van der Waals surface area contributed by atoms with Gasteiger partial charge in [0.1, 0.15) is 17.5 Å². The van der Waals surface area contributed by atoms with Crippen LogP contribution in [0.3, 0.4) is 0 Å². The van der Waals surface area contributed by atoms with E-state index in [-0.39, 0.29) is 23.4 Å². The van der Waals surface area contributed by atoms with Crippen LogP contribution in [-0.2, 0) is 32.6 Å². The van der Waals surface area contributed by atoms with Gasteiger partial charge in [0, 0.05) is 20.0 Å².